The minimum absolute atomic E-state index is 0.166. The van der Waals surface area contributed by atoms with Crippen LogP contribution in [0, 0.1) is 6.92 Å². The number of para-hydroxylation sites is 1. The van der Waals surface area contributed by atoms with Gasteiger partial charge in [0, 0.05) is 23.6 Å². The van der Waals surface area contributed by atoms with E-state index in [4.69, 9.17) is 5.11 Å². The fourth-order valence-electron chi connectivity index (χ4n) is 3.26. The van der Waals surface area contributed by atoms with E-state index in [1.54, 1.807) is 31.5 Å². The number of amides is 1. The molecule has 1 amide bonds. The molecule has 32 heavy (non-hydrogen) atoms. The fraction of sp³-hybridized carbons (Fsp3) is 0.0400. The van der Waals surface area contributed by atoms with Crippen LogP contribution in [0.1, 0.15) is 26.3 Å². The molecule has 7 heteroatoms. The average Bonchev–Trinajstić information content (AvgIpc) is 2.80. The van der Waals surface area contributed by atoms with E-state index >= 15 is 0 Å². The molecule has 0 unspecified atom stereocenters. The number of carbonyl (C=O) groups is 2. The van der Waals surface area contributed by atoms with Crippen molar-refractivity contribution in [3.8, 4) is 11.1 Å². The van der Waals surface area contributed by atoms with Crippen LogP contribution in [0.15, 0.2) is 85.2 Å². The van der Waals surface area contributed by atoms with Crippen LogP contribution in [0.4, 0.5) is 17.3 Å². The molecule has 0 radical (unpaired) electrons. The number of anilines is 3. The normalized spacial score (nSPS) is 10.4. The first-order valence-corrected chi connectivity index (χ1v) is 9.89. The summed E-state index contributed by atoms with van der Waals surface area (Å²) in [7, 11) is 0. The Kier molecular flexibility index (Phi) is 5.89. The minimum Gasteiger partial charge on any atom is -0.478 e. The maximum atomic E-state index is 12.6. The topological polar surface area (TPSA) is 104 Å². The van der Waals surface area contributed by atoms with Crippen molar-refractivity contribution in [2.24, 2.45) is 0 Å². The molecular formula is C25H20N4O3. The number of hydrogen-bond donors (Lipinski definition) is 3. The Bertz CT molecular complexity index is 1290. The van der Waals surface area contributed by atoms with Crippen LogP contribution in [0.2, 0.25) is 0 Å². The highest BCUT2D eigenvalue weighted by atomic mass is 16.4. The Hall–Kier alpha value is -4.52. The smallest absolute Gasteiger partial charge is 0.335 e. The van der Waals surface area contributed by atoms with Gasteiger partial charge in [-0.1, -0.05) is 18.2 Å². The van der Waals surface area contributed by atoms with E-state index in [-0.39, 0.29) is 11.5 Å². The number of carboxylic acid groups (broad SMARTS) is 1. The maximum Gasteiger partial charge on any atom is 0.335 e. The lowest BCUT2D eigenvalue weighted by atomic mass is 10.0. The third kappa shape index (κ3) is 4.79. The van der Waals surface area contributed by atoms with Crippen LogP contribution < -0.4 is 10.6 Å². The Morgan fingerprint density at radius 2 is 1.47 bits per heavy atom. The zero-order valence-corrected chi connectivity index (χ0v) is 17.2. The second kappa shape index (κ2) is 9.09. The summed E-state index contributed by atoms with van der Waals surface area (Å²) >= 11 is 0. The standard InChI is InChI=1S/C25H20N4O3/c1-16-13-19(7-8-21(16)25(31)32)24(30)29-23-15-18(10-12-27-23)17-9-11-26-22(14-17)28-20-5-3-2-4-6-20/h2-15H,1H3,(H,26,28)(H,31,32)(H,27,29,30). The van der Waals surface area contributed by atoms with Crippen LogP contribution >= 0.6 is 0 Å². The molecule has 0 spiro atoms. The molecule has 3 N–H and O–H groups in total. The highest BCUT2D eigenvalue weighted by Gasteiger charge is 2.12. The van der Waals surface area contributed by atoms with Crippen molar-refractivity contribution in [2.45, 2.75) is 6.92 Å². The van der Waals surface area contributed by atoms with Gasteiger partial charge in [-0.05, 0) is 78.2 Å². The molecule has 0 atom stereocenters. The van der Waals surface area contributed by atoms with Gasteiger partial charge in [0.25, 0.3) is 5.91 Å². The van der Waals surface area contributed by atoms with Crippen molar-refractivity contribution >= 4 is 29.2 Å². The number of aromatic carboxylic acids is 1. The average molecular weight is 424 g/mol. The molecule has 0 fully saturated rings. The number of nitrogens with zero attached hydrogens (tertiary/aromatic N) is 2. The summed E-state index contributed by atoms with van der Waals surface area (Å²) in [5.74, 6) is -0.301. The quantitative estimate of drug-likeness (QED) is 0.396. The van der Waals surface area contributed by atoms with Crippen LogP contribution in [0.5, 0.6) is 0 Å². The molecule has 2 aromatic heterocycles. The van der Waals surface area contributed by atoms with Gasteiger partial charge in [-0.3, -0.25) is 4.79 Å². The van der Waals surface area contributed by atoms with E-state index in [0.29, 0.717) is 22.8 Å². The third-order valence-corrected chi connectivity index (χ3v) is 4.86. The lowest BCUT2D eigenvalue weighted by Crippen LogP contribution is -2.14. The van der Waals surface area contributed by atoms with Gasteiger partial charge in [0.1, 0.15) is 11.6 Å². The Morgan fingerprint density at radius 1 is 0.812 bits per heavy atom. The zero-order chi connectivity index (χ0) is 22.5. The molecule has 0 aliphatic rings. The predicted octanol–water partition coefficient (Wildman–Crippen LogP) is 5.15. The maximum absolute atomic E-state index is 12.6. The first kappa shape index (κ1) is 20.7. The number of pyridine rings is 2. The van der Waals surface area contributed by atoms with E-state index in [1.807, 2.05) is 48.5 Å². The van der Waals surface area contributed by atoms with Crippen LogP contribution in [0.3, 0.4) is 0 Å². The third-order valence-electron chi connectivity index (χ3n) is 4.86. The summed E-state index contributed by atoms with van der Waals surface area (Å²) in [4.78, 5) is 32.4. The molecule has 0 bridgehead atoms. The number of carboxylic acids is 1. The number of nitrogens with one attached hydrogen (secondary N) is 2. The van der Waals surface area contributed by atoms with E-state index in [2.05, 4.69) is 20.6 Å². The largest absolute Gasteiger partial charge is 0.478 e. The molecule has 158 valence electrons. The summed E-state index contributed by atoms with van der Waals surface area (Å²) < 4.78 is 0. The predicted molar refractivity (Wildman–Crippen MR) is 123 cm³/mol. The highest BCUT2D eigenvalue weighted by molar-refractivity contribution is 6.04. The highest BCUT2D eigenvalue weighted by Crippen LogP contribution is 2.25. The second-order valence-corrected chi connectivity index (χ2v) is 7.14. The molecule has 2 aromatic carbocycles. The summed E-state index contributed by atoms with van der Waals surface area (Å²) in [5, 5.41) is 15.2. The Morgan fingerprint density at radius 3 is 2.12 bits per heavy atom. The van der Waals surface area contributed by atoms with Gasteiger partial charge in [0.05, 0.1) is 5.56 Å². The molecular weight excluding hydrogens is 404 g/mol. The van der Waals surface area contributed by atoms with Gasteiger partial charge in [0.2, 0.25) is 0 Å². The SMILES string of the molecule is Cc1cc(C(=O)Nc2cc(-c3ccnc(Nc4ccccc4)c3)ccn2)ccc1C(=O)O. The molecule has 2 heterocycles. The van der Waals surface area contributed by atoms with Crippen LogP contribution in [-0.4, -0.2) is 27.0 Å². The summed E-state index contributed by atoms with van der Waals surface area (Å²) in [5.41, 5.74) is 3.76. The first-order chi connectivity index (χ1) is 15.5. The van der Waals surface area contributed by atoms with Gasteiger partial charge < -0.3 is 15.7 Å². The van der Waals surface area contributed by atoms with Crippen LogP contribution in [0.25, 0.3) is 11.1 Å². The Labute approximate surface area is 184 Å². The summed E-state index contributed by atoms with van der Waals surface area (Å²) in [6, 6.07) is 21.6. The lowest BCUT2D eigenvalue weighted by molar-refractivity contribution is 0.0695. The molecule has 0 aliphatic carbocycles. The van der Waals surface area contributed by atoms with Crippen molar-refractivity contribution in [1.29, 1.82) is 0 Å². The first-order valence-electron chi connectivity index (χ1n) is 9.89. The molecule has 0 saturated heterocycles. The molecule has 7 nitrogen and oxygen atoms in total. The van der Waals surface area contributed by atoms with E-state index < -0.39 is 5.97 Å². The van der Waals surface area contributed by atoms with E-state index in [0.717, 1.165) is 16.8 Å². The Balaban J connectivity index is 1.53. The molecule has 0 aliphatic heterocycles. The van der Waals surface area contributed by atoms with Gasteiger partial charge >= 0.3 is 5.97 Å². The molecule has 4 aromatic rings. The summed E-state index contributed by atoms with van der Waals surface area (Å²) in [6.07, 6.45) is 3.33. The van der Waals surface area contributed by atoms with Gasteiger partial charge in [0.15, 0.2) is 0 Å². The van der Waals surface area contributed by atoms with Crippen molar-refractivity contribution in [1.82, 2.24) is 9.97 Å². The number of hydrogen-bond acceptors (Lipinski definition) is 5. The summed E-state index contributed by atoms with van der Waals surface area (Å²) in [6.45, 7) is 1.66. The van der Waals surface area contributed by atoms with Crippen molar-refractivity contribution in [3.63, 3.8) is 0 Å². The van der Waals surface area contributed by atoms with Gasteiger partial charge in [-0.15, -0.1) is 0 Å². The number of aryl methyl sites for hydroxylation is 1. The number of aromatic nitrogens is 2. The van der Waals surface area contributed by atoms with Crippen molar-refractivity contribution in [3.05, 3.63) is 102 Å². The number of benzene rings is 2. The van der Waals surface area contributed by atoms with Crippen LogP contribution in [-0.2, 0) is 0 Å². The van der Waals surface area contributed by atoms with Gasteiger partial charge in [-0.2, -0.15) is 0 Å². The van der Waals surface area contributed by atoms with Gasteiger partial charge in [-0.25, -0.2) is 14.8 Å². The lowest BCUT2D eigenvalue weighted by Gasteiger charge is -2.10. The second-order valence-electron chi connectivity index (χ2n) is 7.14. The van der Waals surface area contributed by atoms with Crippen molar-refractivity contribution < 1.29 is 14.7 Å². The minimum atomic E-state index is -1.03. The van der Waals surface area contributed by atoms with Crippen molar-refractivity contribution in [2.75, 3.05) is 10.6 Å². The van der Waals surface area contributed by atoms with E-state index in [9.17, 15) is 9.59 Å². The molecule has 0 saturated carbocycles. The zero-order valence-electron chi connectivity index (χ0n) is 17.2. The molecule has 4 rings (SSSR count). The van der Waals surface area contributed by atoms with E-state index in [1.165, 1.54) is 12.1 Å². The monoisotopic (exact) mass is 424 g/mol. The number of carbonyl (C=O) groups excluding carboxylic acids is 1. The fourth-order valence-corrected chi connectivity index (χ4v) is 3.26. The number of rotatable bonds is 6.